The molecule has 1 aromatic carbocycles. The standard InChI is InChI=1S/C24H29F2N7O4/c1-13(2)20-19(30-24(35)37-11-14-6-5-7-32(14)3)10-33-21(20)22(27-12-28-33)29-18-8-15(23(34)31-36-4)16(25)9-17(18)26/h8-10,12-14H,5-7,11H2,1-4H3,(H,30,35)(H,31,34)(H,27,28,29). The van der Waals surface area contributed by atoms with Crippen LogP contribution in [0, 0.1) is 11.6 Å². The Morgan fingerprint density at radius 2 is 2.00 bits per heavy atom. The molecule has 0 saturated carbocycles. The summed E-state index contributed by atoms with van der Waals surface area (Å²) in [5, 5.41) is 9.82. The Balaban J connectivity index is 1.63. The summed E-state index contributed by atoms with van der Waals surface area (Å²) in [6.45, 7) is 5.09. The van der Waals surface area contributed by atoms with E-state index in [-0.39, 0.29) is 30.1 Å². The number of halogens is 2. The van der Waals surface area contributed by atoms with Crippen molar-refractivity contribution >= 4 is 34.7 Å². The van der Waals surface area contributed by atoms with E-state index in [2.05, 4.69) is 30.5 Å². The van der Waals surface area contributed by atoms with Gasteiger partial charge in [-0.3, -0.25) is 14.9 Å². The minimum atomic E-state index is -1.05. The predicted octanol–water partition coefficient (Wildman–Crippen LogP) is 3.81. The lowest BCUT2D eigenvalue weighted by Crippen LogP contribution is -2.31. The van der Waals surface area contributed by atoms with E-state index in [0.717, 1.165) is 25.5 Å². The van der Waals surface area contributed by atoms with Crippen LogP contribution in [-0.4, -0.2) is 64.8 Å². The minimum Gasteiger partial charge on any atom is -0.448 e. The fourth-order valence-electron chi connectivity index (χ4n) is 4.41. The van der Waals surface area contributed by atoms with Gasteiger partial charge in [0.05, 0.1) is 30.2 Å². The number of ether oxygens (including phenoxy) is 1. The molecule has 0 bridgehead atoms. The second-order valence-electron chi connectivity index (χ2n) is 9.09. The number of anilines is 3. The number of carbonyl (C=O) groups excluding carboxylic acids is 2. The number of aromatic nitrogens is 3. The van der Waals surface area contributed by atoms with E-state index in [1.54, 1.807) is 6.20 Å². The molecule has 1 aliphatic rings. The molecular weight excluding hydrogens is 488 g/mol. The second-order valence-corrected chi connectivity index (χ2v) is 9.09. The van der Waals surface area contributed by atoms with Crippen LogP contribution in [0.4, 0.5) is 30.8 Å². The highest BCUT2D eigenvalue weighted by atomic mass is 19.1. The van der Waals surface area contributed by atoms with E-state index in [9.17, 15) is 18.4 Å². The van der Waals surface area contributed by atoms with E-state index in [1.807, 2.05) is 26.4 Å². The Kier molecular flexibility index (Phi) is 7.83. The lowest BCUT2D eigenvalue weighted by atomic mass is 10.0. The molecule has 2 amide bonds. The first-order valence-corrected chi connectivity index (χ1v) is 11.8. The average molecular weight is 518 g/mol. The zero-order valence-corrected chi connectivity index (χ0v) is 21.0. The molecule has 3 N–H and O–H groups in total. The molecule has 37 heavy (non-hydrogen) atoms. The molecule has 1 unspecified atom stereocenters. The number of hydrogen-bond donors (Lipinski definition) is 3. The van der Waals surface area contributed by atoms with Gasteiger partial charge in [-0.2, -0.15) is 5.10 Å². The predicted molar refractivity (Wildman–Crippen MR) is 132 cm³/mol. The molecule has 3 heterocycles. The van der Waals surface area contributed by atoms with E-state index in [4.69, 9.17) is 4.74 Å². The maximum atomic E-state index is 14.6. The summed E-state index contributed by atoms with van der Waals surface area (Å²) in [4.78, 5) is 35.6. The van der Waals surface area contributed by atoms with Gasteiger partial charge in [0.1, 0.15) is 30.1 Å². The van der Waals surface area contributed by atoms with Gasteiger partial charge in [-0.1, -0.05) is 13.8 Å². The highest BCUT2D eigenvalue weighted by Gasteiger charge is 2.25. The van der Waals surface area contributed by atoms with Crippen LogP contribution in [0.5, 0.6) is 0 Å². The van der Waals surface area contributed by atoms with E-state index >= 15 is 0 Å². The Morgan fingerprint density at radius 3 is 2.68 bits per heavy atom. The molecular formula is C24H29F2N7O4. The Hall–Kier alpha value is -3.84. The smallest absolute Gasteiger partial charge is 0.411 e. The Labute approximate surface area is 212 Å². The number of likely N-dealkylation sites (tertiary alicyclic amines) is 1. The summed E-state index contributed by atoms with van der Waals surface area (Å²) >= 11 is 0. The quantitative estimate of drug-likeness (QED) is 0.386. The molecule has 11 nitrogen and oxygen atoms in total. The SMILES string of the molecule is CONC(=O)c1cc(Nc2ncnn3cc(NC(=O)OCC4CCCN4C)c(C(C)C)c23)c(F)cc1F. The molecule has 1 atom stereocenters. The van der Waals surface area contributed by atoms with Crippen LogP contribution in [-0.2, 0) is 9.57 Å². The molecule has 1 aliphatic heterocycles. The molecule has 0 aliphatic carbocycles. The summed E-state index contributed by atoms with van der Waals surface area (Å²) in [5.74, 6) is -2.77. The van der Waals surface area contributed by atoms with Crippen LogP contribution in [0.25, 0.3) is 5.52 Å². The van der Waals surface area contributed by atoms with Gasteiger partial charge in [0.2, 0.25) is 0 Å². The number of hydroxylamine groups is 1. The maximum absolute atomic E-state index is 14.6. The number of nitrogens with one attached hydrogen (secondary N) is 3. The van der Waals surface area contributed by atoms with Crippen LogP contribution < -0.4 is 16.1 Å². The molecule has 2 aromatic heterocycles. The molecule has 13 heteroatoms. The van der Waals surface area contributed by atoms with Crippen molar-refractivity contribution in [3.63, 3.8) is 0 Å². The molecule has 0 radical (unpaired) electrons. The van der Waals surface area contributed by atoms with Crippen molar-refractivity contribution in [1.82, 2.24) is 25.0 Å². The topological polar surface area (TPSA) is 122 Å². The second kappa shape index (κ2) is 11.0. The van der Waals surface area contributed by atoms with E-state index < -0.39 is 29.2 Å². The normalized spacial score (nSPS) is 15.8. The van der Waals surface area contributed by atoms with Crippen LogP contribution in [0.3, 0.4) is 0 Å². The summed E-state index contributed by atoms with van der Waals surface area (Å²) in [5.41, 5.74) is 3.00. The van der Waals surface area contributed by atoms with Crippen molar-refractivity contribution in [2.24, 2.45) is 0 Å². The number of carbonyl (C=O) groups is 2. The monoisotopic (exact) mass is 517 g/mol. The van der Waals surface area contributed by atoms with Crippen molar-refractivity contribution < 1.29 is 27.9 Å². The third-order valence-electron chi connectivity index (χ3n) is 6.25. The largest absolute Gasteiger partial charge is 0.448 e. The van der Waals surface area contributed by atoms with Crippen molar-refractivity contribution in [3.8, 4) is 0 Å². The first-order valence-electron chi connectivity index (χ1n) is 11.8. The third kappa shape index (κ3) is 5.62. The highest BCUT2D eigenvalue weighted by molar-refractivity contribution is 5.95. The molecule has 3 aromatic rings. The van der Waals surface area contributed by atoms with Crippen molar-refractivity contribution in [2.45, 2.75) is 38.6 Å². The zero-order valence-electron chi connectivity index (χ0n) is 21.0. The fourth-order valence-corrected chi connectivity index (χ4v) is 4.41. The maximum Gasteiger partial charge on any atom is 0.411 e. The number of fused-ring (bicyclic) bond motifs is 1. The van der Waals surface area contributed by atoms with Gasteiger partial charge in [-0.15, -0.1) is 0 Å². The first-order chi connectivity index (χ1) is 17.7. The molecule has 0 spiro atoms. The van der Waals surface area contributed by atoms with Gasteiger partial charge in [-0.05, 0) is 38.4 Å². The number of benzene rings is 1. The third-order valence-corrected chi connectivity index (χ3v) is 6.25. The van der Waals surface area contributed by atoms with Crippen LogP contribution >= 0.6 is 0 Å². The van der Waals surface area contributed by atoms with E-state index in [0.29, 0.717) is 22.8 Å². The van der Waals surface area contributed by atoms with Gasteiger partial charge in [0.15, 0.2) is 5.82 Å². The number of hydrogen-bond acceptors (Lipinski definition) is 8. The fraction of sp³-hybridized carbons (Fsp3) is 0.417. The van der Waals surface area contributed by atoms with Crippen LogP contribution in [0.2, 0.25) is 0 Å². The molecule has 198 valence electrons. The lowest BCUT2D eigenvalue weighted by Gasteiger charge is -2.19. The van der Waals surface area contributed by atoms with Gasteiger partial charge >= 0.3 is 6.09 Å². The van der Waals surface area contributed by atoms with Crippen molar-refractivity contribution in [2.75, 3.05) is 37.9 Å². The van der Waals surface area contributed by atoms with Crippen LogP contribution in [0.1, 0.15) is 48.5 Å². The molecule has 1 saturated heterocycles. The number of amides is 2. The summed E-state index contributed by atoms with van der Waals surface area (Å²) in [6.07, 6.45) is 4.29. The number of nitrogens with zero attached hydrogens (tertiary/aromatic N) is 4. The summed E-state index contributed by atoms with van der Waals surface area (Å²) in [7, 11) is 3.20. The zero-order chi connectivity index (χ0) is 26.7. The van der Waals surface area contributed by atoms with Gasteiger partial charge in [0, 0.05) is 17.7 Å². The summed E-state index contributed by atoms with van der Waals surface area (Å²) < 4.78 is 35.8. The number of likely N-dealkylation sites (N-methyl/N-ethyl adjacent to an activating group) is 1. The Morgan fingerprint density at radius 1 is 1.22 bits per heavy atom. The average Bonchev–Trinajstić information content (AvgIpc) is 3.42. The molecule has 1 fully saturated rings. The van der Waals surface area contributed by atoms with Gasteiger partial charge < -0.3 is 15.0 Å². The van der Waals surface area contributed by atoms with Crippen molar-refractivity contribution in [1.29, 1.82) is 0 Å². The first kappa shape index (κ1) is 26.2. The highest BCUT2D eigenvalue weighted by Crippen LogP contribution is 2.35. The summed E-state index contributed by atoms with van der Waals surface area (Å²) in [6, 6.07) is 1.80. The number of rotatable bonds is 8. The van der Waals surface area contributed by atoms with Crippen molar-refractivity contribution in [3.05, 3.63) is 47.4 Å². The van der Waals surface area contributed by atoms with Crippen LogP contribution in [0.15, 0.2) is 24.7 Å². The minimum absolute atomic E-state index is 0.103. The Bertz CT molecular complexity index is 1310. The van der Waals surface area contributed by atoms with E-state index in [1.165, 1.54) is 18.0 Å². The molecule has 4 rings (SSSR count). The lowest BCUT2D eigenvalue weighted by molar-refractivity contribution is 0.0533. The van der Waals surface area contributed by atoms with Gasteiger partial charge in [-0.25, -0.2) is 28.6 Å². The van der Waals surface area contributed by atoms with Gasteiger partial charge in [0.25, 0.3) is 5.91 Å².